The van der Waals surface area contributed by atoms with E-state index >= 15 is 0 Å². The number of Topliss-reactive ketones (excluding diaryl/α,β-unsaturated/α-hetero) is 1. The molecule has 6 nitrogen and oxygen atoms in total. The van der Waals surface area contributed by atoms with E-state index in [9.17, 15) is 9.59 Å². The summed E-state index contributed by atoms with van der Waals surface area (Å²) in [5.41, 5.74) is 2.76. The van der Waals surface area contributed by atoms with Crippen LogP contribution in [-0.4, -0.2) is 51.1 Å². The Kier molecular flexibility index (Phi) is 7.64. The normalized spacial score (nSPS) is 13.8. The van der Waals surface area contributed by atoms with Crippen LogP contribution in [0.25, 0.3) is 0 Å². The lowest BCUT2D eigenvalue weighted by molar-refractivity contribution is -0.120. The van der Waals surface area contributed by atoms with E-state index in [2.05, 4.69) is 10.2 Å². The molecule has 0 aromatic heterocycles. The Morgan fingerprint density at radius 1 is 1.03 bits per heavy atom. The first-order chi connectivity index (χ1) is 14.2. The molecule has 154 valence electrons. The van der Waals surface area contributed by atoms with E-state index in [0.717, 1.165) is 43.3 Å². The fourth-order valence-electron chi connectivity index (χ4n) is 3.23. The number of nitrogens with one attached hydrogen (secondary N) is 1. The van der Waals surface area contributed by atoms with Gasteiger partial charge >= 0.3 is 0 Å². The molecular formula is C23H28N2O4. The largest absolute Gasteiger partial charge is 0.494 e. The van der Waals surface area contributed by atoms with Crippen molar-refractivity contribution in [2.45, 2.75) is 19.8 Å². The number of benzene rings is 2. The van der Waals surface area contributed by atoms with Crippen molar-refractivity contribution in [3.63, 3.8) is 0 Å². The summed E-state index contributed by atoms with van der Waals surface area (Å²) in [6.07, 6.45) is 0.970. The van der Waals surface area contributed by atoms with Crippen LogP contribution < -0.4 is 15.0 Å². The summed E-state index contributed by atoms with van der Waals surface area (Å²) in [5.74, 6) is 0.607. The smallest absolute Gasteiger partial charge is 0.220 e. The van der Waals surface area contributed by atoms with Gasteiger partial charge in [0.05, 0.1) is 26.4 Å². The molecule has 1 heterocycles. The number of aryl methyl sites for hydroxylation is 1. The van der Waals surface area contributed by atoms with Crippen LogP contribution in [0.2, 0.25) is 0 Å². The molecule has 1 N–H and O–H groups in total. The van der Waals surface area contributed by atoms with Crippen molar-refractivity contribution in [3.8, 4) is 5.75 Å². The predicted molar refractivity (Wildman–Crippen MR) is 113 cm³/mol. The van der Waals surface area contributed by atoms with E-state index in [0.29, 0.717) is 25.0 Å². The molecule has 29 heavy (non-hydrogen) atoms. The number of anilines is 1. The van der Waals surface area contributed by atoms with E-state index < -0.39 is 0 Å². The Balaban J connectivity index is 1.41. The van der Waals surface area contributed by atoms with Crippen LogP contribution in [0.15, 0.2) is 48.5 Å². The lowest BCUT2D eigenvalue weighted by atomic mass is 10.1. The third-order valence-corrected chi connectivity index (χ3v) is 4.89. The Morgan fingerprint density at radius 3 is 2.38 bits per heavy atom. The Morgan fingerprint density at radius 2 is 1.72 bits per heavy atom. The molecule has 0 radical (unpaired) electrons. The lowest BCUT2D eigenvalue weighted by Gasteiger charge is -2.28. The second kappa shape index (κ2) is 10.6. The van der Waals surface area contributed by atoms with Crippen molar-refractivity contribution in [1.82, 2.24) is 5.32 Å². The first-order valence-electron chi connectivity index (χ1n) is 10.1. The number of amides is 1. The van der Waals surface area contributed by atoms with Crippen molar-refractivity contribution >= 4 is 17.4 Å². The van der Waals surface area contributed by atoms with Crippen molar-refractivity contribution in [1.29, 1.82) is 0 Å². The first kappa shape index (κ1) is 20.9. The fourth-order valence-corrected chi connectivity index (χ4v) is 3.23. The summed E-state index contributed by atoms with van der Waals surface area (Å²) in [5, 5.41) is 2.72. The molecule has 0 saturated carbocycles. The molecule has 1 fully saturated rings. The van der Waals surface area contributed by atoms with Crippen molar-refractivity contribution in [3.05, 3.63) is 59.7 Å². The van der Waals surface area contributed by atoms with Crippen molar-refractivity contribution in [2.24, 2.45) is 0 Å². The maximum atomic E-state index is 12.3. The number of morpholine rings is 1. The highest BCUT2D eigenvalue weighted by Crippen LogP contribution is 2.17. The summed E-state index contributed by atoms with van der Waals surface area (Å²) >= 11 is 0. The third kappa shape index (κ3) is 6.32. The second-order valence-corrected chi connectivity index (χ2v) is 6.92. The van der Waals surface area contributed by atoms with Crippen molar-refractivity contribution < 1.29 is 19.1 Å². The van der Waals surface area contributed by atoms with Gasteiger partial charge in [0.25, 0.3) is 0 Å². The molecule has 2 aromatic carbocycles. The fraction of sp³-hybridized carbons (Fsp3) is 0.391. The molecule has 0 spiro atoms. The molecule has 1 aliphatic heterocycles. The summed E-state index contributed by atoms with van der Waals surface area (Å²) in [4.78, 5) is 26.7. The molecule has 0 bridgehead atoms. The van der Waals surface area contributed by atoms with Crippen LogP contribution in [0.3, 0.4) is 0 Å². The molecule has 0 unspecified atom stereocenters. The van der Waals surface area contributed by atoms with Gasteiger partial charge < -0.3 is 19.7 Å². The van der Waals surface area contributed by atoms with Gasteiger partial charge in [0.1, 0.15) is 5.75 Å². The van der Waals surface area contributed by atoms with Crippen LogP contribution in [0.4, 0.5) is 5.69 Å². The Hall–Kier alpha value is -2.86. The SMILES string of the molecule is CCOc1ccc(CCC(=O)NCC(=O)c2ccc(N3CCOCC3)cc2)cc1. The number of rotatable bonds is 9. The Labute approximate surface area is 171 Å². The molecule has 6 heteroatoms. The van der Waals surface area contributed by atoms with Gasteiger partial charge in [-0.1, -0.05) is 12.1 Å². The van der Waals surface area contributed by atoms with Crippen LogP contribution in [-0.2, 0) is 16.0 Å². The quantitative estimate of drug-likeness (QED) is 0.660. The van der Waals surface area contributed by atoms with Gasteiger partial charge in [-0.15, -0.1) is 0 Å². The number of ketones is 1. The van der Waals surface area contributed by atoms with E-state index in [1.165, 1.54) is 0 Å². The van der Waals surface area contributed by atoms with Crippen LogP contribution in [0.1, 0.15) is 29.3 Å². The number of carbonyl (C=O) groups is 2. The highest BCUT2D eigenvalue weighted by Gasteiger charge is 2.13. The number of nitrogens with zero attached hydrogens (tertiary/aromatic N) is 1. The highest BCUT2D eigenvalue weighted by molar-refractivity contribution is 5.99. The molecule has 1 amide bonds. The summed E-state index contributed by atoms with van der Waals surface area (Å²) in [7, 11) is 0. The minimum absolute atomic E-state index is 0.0129. The molecule has 2 aromatic rings. The number of hydrogen-bond acceptors (Lipinski definition) is 5. The summed E-state index contributed by atoms with van der Waals surface area (Å²) in [6, 6.07) is 15.3. The summed E-state index contributed by atoms with van der Waals surface area (Å²) < 4.78 is 10.8. The molecule has 3 rings (SSSR count). The van der Waals surface area contributed by atoms with Gasteiger partial charge in [-0.3, -0.25) is 9.59 Å². The van der Waals surface area contributed by atoms with E-state index in [-0.39, 0.29) is 18.2 Å². The maximum absolute atomic E-state index is 12.3. The molecule has 0 atom stereocenters. The number of ether oxygens (including phenoxy) is 2. The van der Waals surface area contributed by atoms with Gasteiger partial charge in [0.15, 0.2) is 5.78 Å². The molecule has 1 saturated heterocycles. The number of carbonyl (C=O) groups excluding carboxylic acids is 2. The first-order valence-corrected chi connectivity index (χ1v) is 10.1. The maximum Gasteiger partial charge on any atom is 0.220 e. The standard InChI is InChI=1S/C23H28N2O4/c1-2-29-21-10-3-18(4-11-21)5-12-23(27)24-17-22(26)19-6-8-20(9-7-19)25-13-15-28-16-14-25/h3-4,6-11H,2,5,12-17H2,1H3,(H,24,27). The van der Waals surface area contributed by atoms with Crippen LogP contribution >= 0.6 is 0 Å². The topological polar surface area (TPSA) is 67.9 Å². The van der Waals surface area contributed by atoms with Gasteiger partial charge in [-0.25, -0.2) is 0 Å². The minimum Gasteiger partial charge on any atom is -0.494 e. The molecule has 1 aliphatic rings. The number of hydrogen-bond donors (Lipinski definition) is 1. The Bertz CT molecular complexity index is 797. The van der Waals surface area contributed by atoms with E-state index in [4.69, 9.17) is 9.47 Å². The van der Waals surface area contributed by atoms with Gasteiger partial charge in [0.2, 0.25) is 5.91 Å². The average Bonchev–Trinajstić information content (AvgIpc) is 2.78. The third-order valence-electron chi connectivity index (χ3n) is 4.89. The zero-order valence-electron chi connectivity index (χ0n) is 16.9. The monoisotopic (exact) mass is 396 g/mol. The zero-order valence-corrected chi connectivity index (χ0v) is 16.9. The molecular weight excluding hydrogens is 368 g/mol. The lowest BCUT2D eigenvalue weighted by Crippen LogP contribution is -2.36. The van der Waals surface area contributed by atoms with Crippen molar-refractivity contribution in [2.75, 3.05) is 44.4 Å². The highest BCUT2D eigenvalue weighted by atomic mass is 16.5. The van der Waals surface area contributed by atoms with Gasteiger partial charge in [-0.2, -0.15) is 0 Å². The van der Waals surface area contributed by atoms with E-state index in [1.54, 1.807) is 0 Å². The van der Waals surface area contributed by atoms with Gasteiger partial charge in [-0.05, 0) is 55.3 Å². The predicted octanol–water partition coefficient (Wildman–Crippen LogP) is 2.85. The molecule has 0 aliphatic carbocycles. The van der Waals surface area contributed by atoms with E-state index in [1.807, 2.05) is 55.5 Å². The van der Waals surface area contributed by atoms with Crippen LogP contribution in [0, 0.1) is 0 Å². The minimum atomic E-state index is -0.128. The second-order valence-electron chi connectivity index (χ2n) is 6.92. The summed E-state index contributed by atoms with van der Waals surface area (Å²) in [6.45, 7) is 5.75. The van der Waals surface area contributed by atoms with Gasteiger partial charge in [0, 0.05) is 30.8 Å². The zero-order chi connectivity index (χ0) is 20.5. The van der Waals surface area contributed by atoms with Crippen LogP contribution in [0.5, 0.6) is 5.75 Å². The average molecular weight is 396 g/mol.